The van der Waals surface area contributed by atoms with Gasteiger partial charge < -0.3 is 5.11 Å². The van der Waals surface area contributed by atoms with E-state index in [1.165, 1.54) is 18.4 Å². The van der Waals surface area contributed by atoms with E-state index >= 15 is 0 Å². The fourth-order valence-electron chi connectivity index (χ4n) is 2.04. The Hall–Kier alpha value is -0.950. The summed E-state index contributed by atoms with van der Waals surface area (Å²) in [6.45, 7) is 5.82. The van der Waals surface area contributed by atoms with Gasteiger partial charge in [0.05, 0.1) is 4.90 Å². The van der Waals surface area contributed by atoms with Gasteiger partial charge in [-0.05, 0) is 38.0 Å². The second kappa shape index (κ2) is 7.89. The summed E-state index contributed by atoms with van der Waals surface area (Å²) in [5.74, 6) is 0. The van der Waals surface area contributed by atoms with Crippen LogP contribution in [0.15, 0.2) is 29.2 Å². The maximum Gasteiger partial charge on any atom is 0.242 e. The summed E-state index contributed by atoms with van der Waals surface area (Å²) in [6, 6.07) is 7.39. The van der Waals surface area contributed by atoms with Gasteiger partial charge >= 0.3 is 0 Å². The molecule has 1 aromatic rings. The van der Waals surface area contributed by atoms with Crippen molar-refractivity contribution in [2.24, 2.45) is 0 Å². The Morgan fingerprint density at radius 1 is 1.24 bits per heavy atom. The van der Waals surface area contributed by atoms with Crippen LogP contribution >= 0.6 is 0 Å². The molecule has 0 aliphatic carbocycles. The van der Waals surface area contributed by atoms with E-state index in [1.807, 2.05) is 6.07 Å². The van der Waals surface area contributed by atoms with Gasteiger partial charge in [0.25, 0.3) is 0 Å². The van der Waals surface area contributed by atoms with Crippen LogP contribution in [0, 0.1) is 0 Å². The van der Waals surface area contributed by atoms with Crippen molar-refractivity contribution in [2.45, 2.75) is 37.8 Å². The molecule has 1 aromatic carbocycles. The van der Waals surface area contributed by atoms with Crippen LogP contribution in [0.5, 0.6) is 0 Å². The van der Waals surface area contributed by atoms with Crippen LogP contribution in [0.3, 0.4) is 0 Å². The van der Waals surface area contributed by atoms with Crippen LogP contribution in [0.1, 0.15) is 25.8 Å². The topological polar surface area (TPSA) is 60.9 Å². The molecular formula is C15H26N2O3S. The van der Waals surface area contributed by atoms with Crippen molar-refractivity contribution in [1.82, 2.24) is 9.21 Å². The third-order valence-electron chi connectivity index (χ3n) is 3.40. The molecule has 21 heavy (non-hydrogen) atoms. The second-order valence-electron chi connectivity index (χ2n) is 5.58. The van der Waals surface area contributed by atoms with E-state index in [4.69, 9.17) is 5.11 Å². The molecule has 0 amide bonds. The molecule has 0 fully saturated rings. The summed E-state index contributed by atoms with van der Waals surface area (Å²) in [6.07, 6.45) is 0.716. The van der Waals surface area contributed by atoms with Gasteiger partial charge in [-0.25, -0.2) is 12.7 Å². The number of hydrogen-bond donors (Lipinski definition) is 1. The summed E-state index contributed by atoms with van der Waals surface area (Å²) < 4.78 is 25.5. The lowest BCUT2D eigenvalue weighted by atomic mass is 10.2. The van der Waals surface area contributed by atoms with E-state index in [9.17, 15) is 8.42 Å². The molecule has 0 heterocycles. The highest BCUT2D eigenvalue weighted by atomic mass is 32.2. The summed E-state index contributed by atoms with van der Waals surface area (Å²) in [4.78, 5) is 2.54. The number of aliphatic hydroxyl groups excluding tert-OH is 1. The van der Waals surface area contributed by atoms with E-state index in [-0.39, 0.29) is 6.61 Å². The molecule has 0 spiro atoms. The van der Waals surface area contributed by atoms with E-state index in [1.54, 1.807) is 18.2 Å². The number of sulfonamides is 1. The van der Waals surface area contributed by atoms with Crippen molar-refractivity contribution in [3.05, 3.63) is 29.8 Å². The Balaban J connectivity index is 2.94. The van der Waals surface area contributed by atoms with Gasteiger partial charge in [-0.2, -0.15) is 0 Å². The fraction of sp³-hybridized carbons (Fsp3) is 0.600. The highest BCUT2D eigenvalue weighted by Gasteiger charge is 2.18. The van der Waals surface area contributed by atoms with Gasteiger partial charge in [0.1, 0.15) is 0 Å². The Morgan fingerprint density at radius 2 is 1.90 bits per heavy atom. The molecule has 0 aromatic heterocycles. The lowest BCUT2D eigenvalue weighted by Crippen LogP contribution is -2.32. The highest BCUT2D eigenvalue weighted by Crippen LogP contribution is 2.17. The predicted octanol–water partition coefficient (Wildman–Crippen LogP) is 1.53. The first-order valence-corrected chi connectivity index (χ1v) is 8.59. The monoisotopic (exact) mass is 314 g/mol. The van der Waals surface area contributed by atoms with Crippen molar-refractivity contribution >= 4 is 10.0 Å². The van der Waals surface area contributed by atoms with Crippen molar-refractivity contribution in [3.63, 3.8) is 0 Å². The fourth-order valence-corrected chi connectivity index (χ4v) is 3.02. The van der Waals surface area contributed by atoms with E-state index in [0.717, 1.165) is 12.1 Å². The quantitative estimate of drug-likeness (QED) is 0.790. The third-order valence-corrected chi connectivity index (χ3v) is 5.21. The van der Waals surface area contributed by atoms with E-state index in [0.29, 0.717) is 23.9 Å². The molecule has 0 unspecified atom stereocenters. The number of benzene rings is 1. The van der Waals surface area contributed by atoms with E-state index < -0.39 is 10.0 Å². The maximum absolute atomic E-state index is 12.2. The normalized spacial score (nSPS) is 12.6. The van der Waals surface area contributed by atoms with Gasteiger partial charge in [0.15, 0.2) is 0 Å². The predicted molar refractivity (Wildman–Crippen MR) is 84.6 cm³/mol. The first kappa shape index (κ1) is 18.1. The molecule has 0 aliphatic rings. The average Bonchev–Trinajstić information content (AvgIpc) is 2.43. The van der Waals surface area contributed by atoms with Crippen LogP contribution in [0.4, 0.5) is 0 Å². The van der Waals surface area contributed by atoms with Crippen LogP contribution in [0.2, 0.25) is 0 Å². The summed E-state index contributed by atoms with van der Waals surface area (Å²) in [5.41, 5.74) is 0.963. The number of nitrogens with zero attached hydrogens (tertiary/aromatic N) is 2. The molecule has 0 aliphatic heterocycles. The Morgan fingerprint density at radius 3 is 2.43 bits per heavy atom. The number of rotatable bonds is 8. The largest absolute Gasteiger partial charge is 0.396 e. The zero-order chi connectivity index (χ0) is 16.0. The summed E-state index contributed by atoms with van der Waals surface area (Å²) in [5, 5.41) is 8.96. The lowest BCUT2D eigenvalue weighted by Gasteiger charge is -2.26. The molecule has 0 saturated heterocycles. The van der Waals surface area contributed by atoms with Crippen LogP contribution in [-0.4, -0.2) is 56.0 Å². The number of aliphatic hydroxyl groups is 1. The van der Waals surface area contributed by atoms with Crippen LogP contribution in [0.25, 0.3) is 0 Å². The smallest absolute Gasteiger partial charge is 0.242 e. The van der Waals surface area contributed by atoms with Crippen molar-refractivity contribution < 1.29 is 13.5 Å². The lowest BCUT2D eigenvalue weighted by molar-refractivity contribution is 0.185. The third kappa shape index (κ3) is 5.07. The minimum Gasteiger partial charge on any atom is -0.396 e. The SMILES string of the molecule is CC(C)N(CCCO)Cc1cccc(S(=O)(=O)N(C)C)c1. The molecule has 0 radical (unpaired) electrons. The molecule has 0 atom stereocenters. The molecule has 5 nitrogen and oxygen atoms in total. The molecule has 6 heteroatoms. The zero-order valence-electron chi connectivity index (χ0n) is 13.3. The van der Waals surface area contributed by atoms with Gasteiger partial charge in [0, 0.05) is 39.8 Å². The minimum absolute atomic E-state index is 0.165. The molecule has 1 N–H and O–H groups in total. The minimum atomic E-state index is -3.40. The molecule has 0 saturated carbocycles. The van der Waals surface area contributed by atoms with Gasteiger partial charge in [-0.3, -0.25) is 4.90 Å². The van der Waals surface area contributed by atoms with Gasteiger partial charge in [-0.1, -0.05) is 12.1 Å². The Labute approximate surface area is 128 Å². The van der Waals surface area contributed by atoms with Crippen LogP contribution in [-0.2, 0) is 16.6 Å². The zero-order valence-corrected chi connectivity index (χ0v) is 14.1. The number of hydrogen-bond acceptors (Lipinski definition) is 4. The summed E-state index contributed by atoms with van der Waals surface area (Å²) >= 11 is 0. The molecular weight excluding hydrogens is 288 g/mol. The Bertz CT molecular complexity index is 542. The first-order chi connectivity index (χ1) is 9.78. The highest BCUT2D eigenvalue weighted by molar-refractivity contribution is 7.89. The second-order valence-corrected chi connectivity index (χ2v) is 7.73. The molecule has 1 rings (SSSR count). The Kier molecular flexibility index (Phi) is 6.80. The van der Waals surface area contributed by atoms with Crippen LogP contribution < -0.4 is 0 Å². The van der Waals surface area contributed by atoms with Crippen molar-refractivity contribution in [2.75, 3.05) is 27.2 Å². The average molecular weight is 314 g/mol. The van der Waals surface area contributed by atoms with Crippen molar-refractivity contribution in [3.8, 4) is 0 Å². The summed E-state index contributed by atoms with van der Waals surface area (Å²) in [7, 11) is -0.335. The van der Waals surface area contributed by atoms with Gasteiger partial charge in [0.2, 0.25) is 10.0 Å². The van der Waals surface area contributed by atoms with E-state index in [2.05, 4.69) is 18.7 Å². The van der Waals surface area contributed by atoms with Gasteiger partial charge in [-0.15, -0.1) is 0 Å². The van der Waals surface area contributed by atoms with Crippen molar-refractivity contribution in [1.29, 1.82) is 0 Å². The molecule has 120 valence electrons. The maximum atomic E-state index is 12.2. The molecule has 0 bridgehead atoms. The standard InChI is InChI=1S/C15H26N2O3S/c1-13(2)17(9-6-10-18)12-14-7-5-8-15(11-14)21(19,20)16(3)4/h5,7-8,11,13,18H,6,9-10,12H2,1-4H3. The first-order valence-electron chi connectivity index (χ1n) is 7.15.